The number of rotatable bonds is 4. The standard InChI is InChI=1S/C18H18FN3O3/c1-11-4-7-15(19)14-3-2-8-21(17(11)14)10-13-6-5-12(18(20)23)9-16(13)22(24)25/h4-7,9H,2-3,8,10H2,1H3,(H2,20,23). The fourth-order valence-electron chi connectivity index (χ4n) is 3.35. The first kappa shape index (κ1) is 16.9. The van der Waals surface area contributed by atoms with Crippen LogP contribution in [-0.4, -0.2) is 17.4 Å². The zero-order valence-electron chi connectivity index (χ0n) is 13.8. The van der Waals surface area contributed by atoms with E-state index in [4.69, 9.17) is 5.73 Å². The lowest BCUT2D eigenvalue weighted by Crippen LogP contribution is -2.30. The molecule has 2 N–H and O–H groups in total. The molecule has 0 saturated carbocycles. The predicted molar refractivity (Wildman–Crippen MR) is 92.1 cm³/mol. The number of carbonyl (C=O) groups excluding carboxylic acids is 1. The van der Waals surface area contributed by atoms with E-state index in [0.717, 1.165) is 17.7 Å². The molecule has 0 aliphatic carbocycles. The molecule has 0 saturated heterocycles. The Labute approximate surface area is 144 Å². The quantitative estimate of drug-likeness (QED) is 0.682. The Kier molecular flexibility index (Phi) is 4.39. The van der Waals surface area contributed by atoms with E-state index >= 15 is 0 Å². The third-order valence-corrected chi connectivity index (χ3v) is 4.53. The van der Waals surface area contributed by atoms with E-state index < -0.39 is 10.8 Å². The number of aryl methyl sites for hydroxylation is 1. The van der Waals surface area contributed by atoms with Crippen molar-refractivity contribution in [3.05, 3.63) is 68.5 Å². The zero-order valence-corrected chi connectivity index (χ0v) is 13.8. The number of nitro groups is 1. The molecule has 0 bridgehead atoms. The molecule has 6 nitrogen and oxygen atoms in total. The number of nitrogens with two attached hydrogens (primary N) is 1. The van der Waals surface area contributed by atoms with Crippen LogP contribution in [0.15, 0.2) is 30.3 Å². The van der Waals surface area contributed by atoms with Crippen LogP contribution in [-0.2, 0) is 13.0 Å². The van der Waals surface area contributed by atoms with E-state index in [1.54, 1.807) is 12.1 Å². The van der Waals surface area contributed by atoms with Crippen LogP contribution in [0.25, 0.3) is 0 Å². The van der Waals surface area contributed by atoms with Crippen molar-refractivity contribution in [3.8, 4) is 0 Å². The minimum Gasteiger partial charge on any atom is -0.366 e. The summed E-state index contributed by atoms with van der Waals surface area (Å²) in [4.78, 5) is 24.1. The third-order valence-electron chi connectivity index (χ3n) is 4.53. The molecule has 0 fully saturated rings. The minimum atomic E-state index is -0.712. The first-order chi connectivity index (χ1) is 11.9. The fraction of sp³-hybridized carbons (Fsp3) is 0.278. The second-order valence-corrected chi connectivity index (χ2v) is 6.18. The van der Waals surface area contributed by atoms with Gasteiger partial charge < -0.3 is 10.6 Å². The van der Waals surface area contributed by atoms with E-state index in [-0.39, 0.29) is 23.6 Å². The zero-order chi connectivity index (χ0) is 18.1. The SMILES string of the molecule is Cc1ccc(F)c2c1N(Cc1ccc(C(N)=O)cc1[N+](=O)[O-])CCC2. The molecule has 130 valence electrons. The summed E-state index contributed by atoms with van der Waals surface area (Å²) >= 11 is 0. The van der Waals surface area contributed by atoms with Crippen molar-refractivity contribution in [2.24, 2.45) is 5.73 Å². The molecule has 2 aromatic carbocycles. The van der Waals surface area contributed by atoms with Gasteiger partial charge in [-0.3, -0.25) is 14.9 Å². The van der Waals surface area contributed by atoms with Crippen molar-refractivity contribution in [2.45, 2.75) is 26.3 Å². The number of halogens is 1. The van der Waals surface area contributed by atoms with Gasteiger partial charge in [0, 0.05) is 41.5 Å². The molecular formula is C18H18FN3O3. The summed E-state index contributed by atoms with van der Waals surface area (Å²) < 4.78 is 14.1. The van der Waals surface area contributed by atoms with Gasteiger partial charge in [0.2, 0.25) is 5.91 Å². The lowest BCUT2D eigenvalue weighted by Gasteiger charge is -2.33. The second-order valence-electron chi connectivity index (χ2n) is 6.18. The van der Waals surface area contributed by atoms with Gasteiger partial charge in [0.25, 0.3) is 5.69 Å². The number of carbonyl (C=O) groups is 1. The number of primary amides is 1. The summed E-state index contributed by atoms with van der Waals surface area (Å²) in [6.07, 6.45) is 1.43. The highest BCUT2D eigenvalue weighted by Crippen LogP contribution is 2.34. The van der Waals surface area contributed by atoms with Gasteiger partial charge in [0.05, 0.1) is 4.92 Å². The highest BCUT2D eigenvalue weighted by molar-refractivity contribution is 5.93. The summed E-state index contributed by atoms with van der Waals surface area (Å²) in [5, 5.41) is 11.4. The molecule has 0 aromatic heterocycles. The highest BCUT2D eigenvalue weighted by Gasteiger charge is 2.25. The van der Waals surface area contributed by atoms with Gasteiger partial charge in [-0.05, 0) is 43.5 Å². The maximum absolute atomic E-state index is 14.1. The van der Waals surface area contributed by atoms with Gasteiger partial charge in [-0.1, -0.05) is 6.07 Å². The van der Waals surface area contributed by atoms with Crippen molar-refractivity contribution >= 4 is 17.3 Å². The average molecular weight is 343 g/mol. The molecule has 0 radical (unpaired) electrons. The van der Waals surface area contributed by atoms with Crippen LogP contribution >= 0.6 is 0 Å². The lowest BCUT2D eigenvalue weighted by molar-refractivity contribution is -0.385. The molecule has 3 rings (SSSR count). The van der Waals surface area contributed by atoms with Crippen LogP contribution in [0, 0.1) is 22.9 Å². The Morgan fingerprint density at radius 3 is 2.80 bits per heavy atom. The maximum Gasteiger partial charge on any atom is 0.275 e. The third kappa shape index (κ3) is 3.17. The molecule has 7 heteroatoms. The Balaban J connectivity index is 2.01. The summed E-state index contributed by atoms with van der Waals surface area (Å²) in [5.41, 5.74) is 8.00. The molecule has 1 amide bonds. The van der Waals surface area contributed by atoms with Crippen molar-refractivity contribution in [2.75, 3.05) is 11.4 Å². The van der Waals surface area contributed by atoms with Crippen molar-refractivity contribution in [1.82, 2.24) is 0 Å². The minimum absolute atomic E-state index is 0.0942. The molecule has 1 aliphatic heterocycles. The summed E-state index contributed by atoms with van der Waals surface area (Å²) in [6.45, 7) is 2.86. The van der Waals surface area contributed by atoms with Gasteiger partial charge >= 0.3 is 0 Å². The van der Waals surface area contributed by atoms with Crippen LogP contribution in [0.1, 0.15) is 33.5 Å². The average Bonchev–Trinajstić information content (AvgIpc) is 2.58. The molecule has 2 aromatic rings. The Hall–Kier alpha value is -2.96. The number of amides is 1. The summed E-state index contributed by atoms with van der Waals surface area (Å²) in [5.74, 6) is -0.959. The van der Waals surface area contributed by atoms with Gasteiger partial charge in [-0.15, -0.1) is 0 Å². The van der Waals surface area contributed by atoms with E-state index in [2.05, 4.69) is 0 Å². The molecule has 0 atom stereocenters. The number of fused-ring (bicyclic) bond motifs is 1. The monoisotopic (exact) mass is 343 g/mol. The molecule has 1 aliphatic rings. The predicted octanol–water partition coefficient (Wildman–Crippen LogP) is 3.09. The number of nitro benzene ring substituents is 1. The Morgan fingerprint density at radius 2 is 2.12 bits per heavy atom. The second kappa shape index (κ2) is 6.51. The van der Waals surface area contributed by atoms with Crippen molar-refractivity contribution < 1.29 is 14.1 Å². The van der Waals surface area contributed by atoms with Gasteiger partial charge in [-0.2, -0.15) is 0 Å². The molecule has 1 heterocycles. The van der Waals surface area contributed by atoms with E-state index in [1.807, 2.05) is 11.8 Å². The van der Waals surface area contributed by atoms with Crippen molar-refractivity contribution in [3.63, 3.8) is 0 Å². The van der Waals surface area contributed by atoms with Gasteiger partial charge in [0.1, 0.15) is 5.82 Å². The fourth-order valence-corrected chi connectivity index (χ4v) is 3.35. The number of hydrogen-bond donors (Lipinski definition) is 1. The molecule has 0 unspecified atom stereocenters. The molecule has 0 spiro atoms. The van der Waals surface area contributed by atoms with E-state index in [0.29, 0.717) is 24.1 Å². The van der Waals surface area contributed by atoms with Crippen molar-refractivity contribution in [1.29, 1.82) is 0 Å². The summed E-state index contributed by atoms with van der Waals surface area (Å²) in [6, 6.07) is 7.40. The van der Waals surface area contributed by atoms with Crippen LogP contribution < -0.4 is 10.6 Å². The smallest absolute Gasteiger partial charge is 0.275 e. The first-order valence-corrected chi connectivity index (χ1v) is 7.98. The number of anilines is 1. The Morgan fingerprint density at radius 1 is 1.36 bits per heavy atom. The first-order valence-electron chi connectivity index (χ1n) is 7.98. The molecule has 25 heavy (non-hydrogen) atoms. The van der Waals surface area contributed by atoms with Crippen LogP contribution in [0.4, 0.5) is 15.8 Å². The Bertz CT molecular complexity index is 867. The topological polar surface area (TPSA) is 89.5 Å². The highest BCUT2D eigenvalue weighted by atomic mass is 19.1. The van der Waals surface area contributed by atoms with E-state index in [1.165, 1.54) is 18.2 Å². The summed E-state index contributed by atoms with van der Waals surface area (Å²) in [7, 11) is 0. The largest absolute Gasteiger partial charge is 0.366 e. The van der Waals surface area contributed by atoms with Crippen LogP contribution in [0.3, 0.4) is 0 Å². The number of nitrogens with zero attached hydrogens (tertiary/aromatic N) is 2. The van der Waals surface area contributed by atoms with Crippen LogP contribution in [0.5, 0.6) is 0 Å². The van der Waals surface area contributed by atoms with Gasteiger partial charge in [-0.25, -0.2) is 4.39 Å². The van der Waals surface area contributed by atoms with Crippen LogP contribution in [0.2, 0.25) is 0 Å². The number of benzene rings is 2. The number of hydrogen-bond acceptors (Lipinski definition) is 4. The van der Waals surface area contributed by atoms with E-state index in [9.17, 15) is 19.3 Å². The lowest BCUT2D eigenvalue weighted by atomic mass is 9.96. The molecular weight excluding hydrogens is 325 g/mol. The maximum atomic E-state index is 14.1. The van der Waals surface area contributed by atoms with Gasteiger partial charge in [0.15, 0.2) is 0 Å². The normalized spacial score (nSPS) is 13.4.